The molecule has 0 unspecified atom stereocenters. The second-order valence-electron chi connectivity index (χ2n) is 6.91. The average molecular weight is 460 g/mol. The molecule has 0 aromatic heterocycles. The Kier molecular flexibility index (Phi) is 7.23. The van der Waals surface area contributed by atoms with Crippen molar-refractivity contribution in [2.24, 2.45) is 0 Å². The Morgan fingerprint density at radius 2 is 0.882 bits per heavy atom. The van der Waals surface area contributed by atoms with E-state index in [1.807, 2.05) is 0 Å². The molecule has 8 heteroatoms. The van der Waals surface area contributed by atoms with Crippen LogP contribution >= 0.6 is 0 Å². The summed E-state index contributed by atoms with van der Waals surface area (Å²) in [5.41, 5.74) is 2.23. The summed E-state index contributed by atoms with van der Waals surface area (Å²) in [6, 6.07) is 5.97. The van der Waals surface area contributed by atoms with Crippen molar-refractivity contribution in [1.82, 2.24) is 0 Å². The number of ether oxygens (including phenoxy) is 4. The fourth-order valence-corrected chi connectivity index (χ4v) is 3.42. The quantitative estimate of drug-likeness (QED) is 0.333. The van der Waals surface area contributed by atoms with E-state index in [-0.39, 0.29) is 23.0 Å². The molecule has 1 aliphatic carbocycles. The maximum Gasteiger partial charge on any atom is 0.335 e. The highest BCUT2D eigenvalue weighted by atomic mass is 16.6. The van der Waals surface area contributed by atoms with Crippen LogP contribution < -0.4 is 18.9 Å². The number of hydrogen-bond donors (Lipinski definition) is 0. The number of carbonyl (C=O) groups excluding carboxylic acids is 4. The highest BCUT2D eigenvalue weighted by Gasteiger charge is 2.28. The van der Waals surface area contributed by atoms with E-state index < -0.39 is 23.9 Å². The van der Waals surface area contributed by atoms with E-state index in [1.54, 1.807) is 12.1 Å². The Morgan fingerprint density at radius 3 is 1.21 bits per heavy atom. The van der Waals surface area contributed by atoms with Gasteiger partial charge in [-0.05, 0) is 36.1 Å². The molecule has 34 heavy (non-hydrogen) atoms. The van der Waals surface area contributed by atoms with Crippen LogP contribution in [0.25, 0.3) is 11.1 Å². The zero-order valence-corrected chi connectivity index (χ0v) is 18.1. The van der Waals surface area contributed by atoms with Crippen molar-refractivity contribution in [1.29, 1.82) is 0 Å². The number of carbonyl (C=O) groups is 4. The van der Waals surface area contributed by atoms with Crippen LogP contribution in [-0.2, 0) is 32.0 Å². The topological polar surface area (TPSA) is 105 Å². The molecule has 2 aromatic rings. The summed E-state index contributed by atoms with van der Waals surface area (Å²) < 4.78 is 21.3. The lowest BCUT2D eigenvalue weighted by Crippen LogP contribution is -2.14. The number of benzene rings is 2. The Balaban J connectivity index is 2.26. The molecular weight excluding hydrogens is 440 g/mol. The van der Waals surface area contributed by atoms with Gasteiger partial charge in [-0.2, -0.15) is 0 Å². The normalized spacial score (nSPS) is 11.1. The van der Waals surface area contributed by atoms with Crippen LogP contribution in [0.5, 0.6) is 23.0 Å². The molecule has 2 aromatic carbocycles. The lowest BCUT2D eigenvalue weighted by Gasteiger charge is -2.25. The first-order valence-corrected chi connectivity index (χ1v) is 10.0. The van der Waals surface area contributed by atoms with E-state index in [4.69, 9.17) is 18.9 Å². The fourth-order valence-electron chi connectivity index (χ4n) is 3.42. The van der Waals surface area contributed by atoms with Gasteiger partial charge in [-0.15, -0.1) is 0 Å². The van der Waals surface area contributed by atoms with E-state index in [9.17, 15) is 19.2 Å². The third-order valence-electron chi connectivity index (χ3n) is 4.75. The highest BCUT2D eigenvalue weighted by Crippen LogP contribution is 2.48. The average Bonchev–Trinajstić information content (AvgIpc) is 2.83. The van der Waals surface area contributed by atoms with Crippen LogP contribution in [0, 0.1) is 0 Å². The molecule has 1 aliphatic rings. The largest absolute Gasteiger partial charge is 0.423 e. The third kappa shape index (κ3) is 5.18. The summed E-state index contributed by atoms with van der Waals surface area (Å²) in [4.78, 5) is 47.5. The van der Waals surface area contributed by atoms with E-state index >= 15 is 0 Å². The molecule has 172 valence electrons. The molecule has 0 saturated heterocycles. The molecule has 8 nitrogen and oxygen atoms in total. The van der Waals surface area contributed by atoms with Crippen molar-refractivity contribution < 1.29 is 38.1 Å². The van der Waals surface area contributed by atoms with Gasteiger partial charge in [0.1, 0.15) is 23.0 Å². The van der Waals surface area contributed by atoms with Crippen molar-refractivity contribution in [2.45, 2.75) is 12.8 Å². The van der Waals surface area contributed by atoms with Crippen LogP contribution in [0.2, 0.25) is 0 Å². The standard InChI is InChI=1S/C26H20O8/c1-5-21(27)31-17-11-15-9-10-16-12-18(32-22(28)6-2)14-20(34-24(30)8-4)26(16)25(15)19(13-17)33-23(29)7-3/h5-8,11-14H,1-4,9-10H2. The molecule has 0 fully saturated rings. The summed E-state index contributed by atoms with van der Waals surface area (Å²) in [6.07, 6.45) is 4.87. The smallest absolute Gasteiger partial charge is 0.335 e. The molecular formula is C26H20O8. The minimum Gasteiger partial charge on any atom is -0.423 e. The fraction of sp³-hybridized carbons (Fsp3) is 0.0769. The summed E-state index contributed by atoms with van der Waals surface area (Å²) in [7, 11) is 0. The second kappa shape index (κ2) is 10.3. The molecule has 0 heterocycles. The van der Waals surface area contributed by atoms with Crippen molar-refractivity contribution in [2.75, 3.05) is 0 Å². The summed E-state index contributed by atoms with van der Waals surface area (Å²) >= 11 is 0. The maximum atomic E-state index is 12.1. The Bertz CT molecular complexity index is 1150. The van der Waals surface area contributed by atoms with Crippen LogP contribution in [0.1, 0.15) is 11.1 Å². The Morgan fingerprint density at radius 1 is 0.559 bits per heavy atom. The predicted molar refractivity (Wildman–Crippen MR) is 123 cm³/mol. The van der Waals surface area contributed by atoms with Crippen molar-refractivity contribution in [3.8, 4) is 34.1 Å². The van der Waals surface area contributed by atoms with Crippen molar-refractivity contribution >= 4 is 23.9 Å². The van der Waals surface area contributed by atoms with Gasteiger partial charge in [0, 0.05) is 47.6 Å². The molecule has 0 spiro atoms. The summed E-state index contributed by atoms with van der Waals surface area (Å²) in [5.74, 6) is -2.48. The number of esters is 4. The molecule has 0 aliphatic heterocycles. The van der Waals surface area contributed by atoms with Crippen LogP contribution in [0.3, 0.4) is 0 Å². The number of hydrogen-bond acceptors (Lipinski definition) is 8. The minimum atomic E-state index is -0.748. The lowest BCUT2D eigenvalue weighted by atomic mass is 9.84. The van der Waals surface area contributed by atoms with E-state index in [2.05, 4.69) is 26.3 Å². The van der Waals surface area contributed by atoms with Gasteiger partial charge in [0.15, 0.2) is 0 Å². The van der Waals surface area contributed by atoms with Crippen LogP contribution in [-0.4, -0.2) is 23.9 Å². The van der Waals surface area contributed by atoms with Crippen molar-refractivity contribution in [3.05, 3.63) is 86.0 Å². The highest BCUT2D eigenvalue weighted by molar-refractivity contribution is 5.93. The summed E-state index contributed by atoms with van der Waals surface area (Å²) in [6.45, 7) is 13.5. The zero-order chi connectivity index (χ0) is 24.8. The van der Waals surface area contributed by atoms with Gasteiger partial charge in [0.05, 0.1) is 0 Å². The molecule has 0 bridgehead atoms. The van der Waals surface area contributed by atoms with E-state index in [1.165, 1.54) is 12.1 Å². The Labute approximate surface area is 195 Å². The SMILES string of the molecule is C=CC(=O)Oc1cc2c(c(OC(=O)C=C)c1)-c1c(cc(OC(=O)C=C)cc1OC(=O)C=C)CC2. The van der Waals surface area contributed by atoms with E-state index in [0.29, 0.717) is 35.1 Å². The van der Waals surface area contributed by atoms with Gasteiger partial charge in [0.25, 0.3) is 0 Å². The molecule has 0 N–H and O–H groups in total. The van der Waals surface area contributed by atoms with Crippen LogP contribution in [0.15, 0.2) is 74.9 Å². The second-order valence-corrected chi connectivity index (χ2v) is 6.91. The monoisotopic (exact) mass is 460 g/mol. The van der Waals surface area contributed by atoms with Gasteiger partial charge >= 0.3 is 23.9 Å². The molecule has 0 atom stereocenters. The van der Waals surface area contributed by atoms with Crippen molar-refractivity contribution in [3.63, 3.8) is 0 Å². The third-order valence-corrected chi connectivity index (χ3v) is 4.75. The van der Waals surface area contributed by atoms with Gasteiger partial charge in [0.2, 0.25) is 0 Å². The van der Waals surface area contributed by atoms with E-state index in [0.717, 1.165) is 24.3 Å². The minimum absolute atomic E-state index is 0.0574. The molecule has 0 amide bonds. The predicted octanol–water partition coefficient (Wildman–Crippen LogP) is 3.82. The first-order valence-electron chi connectivity index (χ1n) is 10.0. The molecule has 0 radical (unpaired) electrons. The lowest BCUT2D eigenvalue weighted by molar-refractivity contribution is -0.130. The molecule has 3 rings (SSSR count). The molecule has 0 saturated carbocycles. The van der Waals surface area contributed by atoms with Crippen LogP contribution in [0.4, 0.5) is 0 Å². The maximum absolute atomic E-state index is 12.1. The first kappa shape index (κ1) is 23.9. The number of rotatable bonds is 8. The first-order chi connectivity index (χ1) is 16.3. The van der Waals surface area contributed by atoms with Gasteiger partial charge < -0.3 is 18.9 Å². The van der Waals surface area contributed by atoms with Gasteiger partial charge in [-0.3, -0.25) is 0 Å². The van der Waals surface area contributed by atoms with Gasteiger partial charge in [-0.25, -0.2) is 19.2 Å². The Hall–Kier alpha value is -4.72. The summed E-state index contributed by atoms with van der Waals surface area (Å²) in [5, 5.41) is 0. The number of aryl methyl sites for hydroxylation is 2. The van der Waals surface area contributed by atoms with Gasteiger partial charge in [-0.1, -0.05) is 26.3 Å². The zero-order valence-electron chi connectivity index (χ0n) is 18.1. The number of fused-ring (bicyclic) bond motifs is 3.